The molecular formula is C12H18N4O3. The normalized spacial score (nSPS) is 19.3. The first-order valence-electron chi connectivity index (χ1n) is 6.47. The molecule has 1 fully saturated rings. The highest BCUT2D eigenvalue weighted by molar-refractivity contribution is 5.73. The van der Waals surface area contributed by atoms with Gasteiger partial charge in [-0.25, -0.2) is 0 Å². The van der Waals surface area contributed by atoms with Crippen LogP contribution in [-0.2, 0) is 9.53 Å². The van der Waals surface area contributed by atoms with Crippen molar-refractivity contribution in [1.82, 2.24) is 15.2 Å². The van der Waals surface area contributed by atoms with Gasteiger partial charge in [-0.2, -0.15) is 0 Å². The summed E-state index contributed by atoms with van der Waals surface area (Å²) in [6.45, 7) is 5.04. The SMILES string of the molecule is CCOC(=O)C1CCCN(c2nnc(C)c(=O)[nH]2)C1. The van der Waals surface area contributed by atoms with E-state index in [1.807, 2.05) is 4.90 Å². The zero-order valence-electron chi connectivity index (χ0n) is 11.2. The molecule has 1 aromatic heterocycles. The lowest BCUT2D eigenvalue weighted by atomic mass is 9.98. The summed E-state index contributed by atoms with van der Waals surface area (Å²) in [6, 6.07) is 0. The van der Waals surface area contributed by atoms with Gasteiger partial charge in [-0.05, 0) is 26.7 Å². The molecule has 1 aliphatic rings. The van der Waals surface area contributed by atoms with Crippen molar-refractivity contribution in [3.8, 4) is 0 Å². The first kappa shape index (κ1) is 13.5. The first-order valence-corrected chi connectivity index (χ1v) is 6.47. The Hall–Kier alpha value is -1.92. The van der Waals surface area contributed by atoms with Crippen LogP contribution >= 0.6 is 0 Å². The van der Waals surface area contributed by atoms with E-state index in [2.05, 4.69) is 15.2 Å². The Kier molecular flexibility index (Phi) is 4.13. The quantitative estimate of drug-likeness (QED) is 0.789. The predicted octanol–water partition coefficient (Wildman–Crippen LogP) is 0.253. The summed E-state index contributed by atoms with van der Waals surface area (Å²) in [7, 11) is 0. The smallest absolute Gasteiger partial charge is 0.310 e. The van der Waals surface area contributed by atoms with Gasteiger partial charge in [0.15, 0.2) is 0 Å². The van der Waals surface area contributed by atoms with E-state index in [1.54, 1.807) is 13.8 Å². The van der Waals surface area contributed by atoms with E-state index >= 15 is 0 Å². The summed E-state index contributed by atoms with van der Waals surface area (Å²) in [6.07, 6.45) is 1.67. The van der Waals surface area contributed by atoms with Crippen LogP contribution in [0.15, 0.2) is 4.79 Å². The molecule has 1 unspecified atom stereocenters. The fourth-order valence-electron chi connectivity index (χ4n) is 2.15. The molecule has 0 spiro atoms. The van der Waals surface area contributed by atoms with Crippen molar-refractivity contribution >= 4 is 11.9 Å². The highest BCUT2D eigenvalue weighted by Crippen LogP contribution is 2.20. The fourth-order valence-corrected chi connectivity index (χ4v) is 2.15. The molecule has 0 amide bonds. The summed E-state index contributed by atoms with van der Waals surface area (Å²) in [5, 5.41) is 7.78. The molecule has 1 aliphatic heterocycles. The van der Waals surface area contributed by atoms with E-state index in [9.17, 15) is 9.59 Å². The van der Waals surface area contributed by atoms with Crippen LogP contribution in [0.5, 0.6) is 0 Å². The van der Waals surface area contributed by atoms with Crippen LogP contribution in [0.3, 0.4) is 0 Å². The Bertz CT molecular complexity index is 514. The number of nitrogens with zero attached hydrogens (tertiary/aromatic N) is 3. The number of carbonyl (C=O) groups is 1. The van der Waals surface area contributed by atoms with E-state index in [0.29, 0.717) is 24.8 Å². The minimum atomic E-state index is -0.247. The summed E-state index contributed by atoms with van der Waals surface area (Å²) in [5.41, 5.74) is 0.0889. The molecule has 19 heavy (non-hydrogen) atoms. The van der Waals surface area contributed by atoms with Gasteiger partial charge in [0, 0.05) is 13.1 Å². The summed E-state index contributed by atoms with van der Waals surface area (Å²) in [4.78, 5) is 27.8. The molecule has 1 saturated heterocycles. The number of hydrogen-bond acceptors (Lipinski definition) is 6. The minimum absolute atomic E-state index is 0.166. The number of esters is 1. The van der Waals surface area contributed by atoms with E-state index in [4.69, 9.17) is 4.74 Å². The maximum Gasteiger partial charge on any atom is 0.310 e. The van der Waals surface area contributed by atoms with Gasteiger partial charge >= 0.3 is 5.97 Å². The first-order chi connectivity index (χ1) is 9.11. The van der Waals surface area contributed by atoms with Gasteiger partial charge in [-0.3, -0.25) is 14.6 Å². The molecule has 0 radical (unpaired) electrons. The molecule has 0 bridgehead atoms. The largest absolute Gasteiger partial charge is 0.466 e. The third-order valence-corrected chi connectivity index (χ3v) is 3.19. The van der Waals surface area contributed by atoms with E-state index < -0.39 is 0 Å². The molecule has 7 heteroatoms. The van der Waals surface area contributed by atoms with Gasteiger partial charge in [0.25, 0.3) is 5.56 Å². The second-order valence-electron chi connectivity index (χ2n) is 4.60. The van der Waals surface area contributed by atoms with E-state index in [1.165, 1.54) is 0 Å². The van der Waals surface area contributed by atoms with Crippen molar-refractivity contribution in [3.63, 3.8) is 0 Å². The molecule has 104 valence electrons. The molecular weight excluding hydrogens is 248 g/mol. The van der Waals surface area contributed by atoms with Crippen LogP contribution in [0.1, 0.15) is 25.5 Å². The molecule has 0 aliphatic carbocycles. The molecule has 2 heterocycles. The molecule has 1 N–H and O–H groups in total. The monoisotopic (exact) mass is 266 g/mol. The van der Waals surface area contributed by atoms with Gasteiger partial charge in [-0.15, -0.1) is 10.2 Å². The standard InChI is InChI=1S/C12H18N4O3/c1-3-19-11(18)9-5-4-6-16(7-9)12-13-10(17)8(2)14-15-12/h9H,3-7H2,1-2H3,(H,13,15,17). The average Bonchev–Trinajstić information content (AvgIpc) is 2.42. The number of hydrogen-bond donors (Lipinski definition) is 1. The second-order valence-corrected chi connectivity index (χ2v) is 4.60. The van der Waals surface area contributed by atoms with Crippen LogP contribution in [0.25, 0.3) is 0 Å². The molecule has 0 aromatic carbocycles. The highest BCUT2D eigenvalue weighted by atomic mass is 16.5. The fraction of sp³-hybridized carbons (Fsp3) is 0.667. The molecule has 1 aromatic rings. The number of aromatic nitrogens is 3. The van der Waals surface area contributed by atoms with Crippen molar-refractivity contribution in [2.24, 2.45) is 5.92 Å². The van der Waals surface area contributed by atoms with E-state index in [-0.39, 0.29) is 17.4 Å². The lowest BCUT2D eigenvalue weighted by molar-refractivity contribution is -0.148. The Morgan fingerprint density at radius 2 is 2.32 bits per heavy atom. The van der Waals surface area contributed by atoms with Gasteiger partial charge < -0.3 is 9.64 Å². The number of nitrogens with one attached hydrogen (secondary N) is 1. The number of ether oxygens (including phenoxy) is 1. The van der Waals surface area contributed by atoms with Crippen molar-refractivity contribution in [2.45, 2.75) is 26.7 Å². The number of aromatic amines is 1. The van der Waals surface area contributed by atoms with Crippen molar-refractivity contribution < 1.29 is 9.53 Å². The number of rotatable bonds is 3. The molecule has 7 nitrogen and oxygen atoms in total. The number of H-pyrrole nitrogens is 1. The molecule has 2 rings (SSSR count). The zero-order valence-corrected chi connectivity index (χ0v) is 11.2. The zero-order chi connectivity index (χ0) is 13.8. The minimum Gasteiger partial charge on any atom is -0.466 e. The number of anilines is 1. The van der Waals surface area contributed by atoms with Crippen molar-refractivity contribution in [3.05, 3.63) is 16.0 Å². The summed E-state index contributed by atoms with van der Waals surface area (Å²) < 4.78 is 5.03. The van der Waals surface area contributed by atoms with Gasteiger partial charge in [-0.1, -0.05) is 0 Å². The molecule has 0 saturated carbocycles. The van der Waals surface area contributed by atoms with Crippen molar-refractivity contribution in [2.75, 3.05) is 24.6 Å². The Morgan fingerprint density at radius 3 is 3.00 bits per heavy atom. The van der Waals surface area contributed by atoms with Crippen molar-refractivity contribution in [1.29, 1.82) is 0 Å². The van der Waals surface area contributed by atoms with Crippen LogP contribution in [-0.4, -0.2) is 40.8 Å². The Balaban J connectivity index is 2.10. The topological polar surface area (TPSA) is 88.2 Å². The lowest BCUT2D eigenvalue weighted by Crippen LogP contribution is -2.41. The van der Waals surface area contributed by atoms with Crippen LogP contribution in [0.4, 0.5) is 5.95 Å². The molecule has 1 atom stereocenters. The number of aryl methyl sites for hydroxylation is 1. The Labute approximate surface area is 111 Å². The van der Waals surface area contributed by atoms with Gasteiger partial charge in [0.05, 0.1) is 12.5 Å². The lowest BCUT2D eigenvalue weighted by Gasteiger charge is -2.31. The van der Waals surface area contributed by atoms with Crippen LogP contribution in [0, 0.1) is 12.8 Å². The summed E-state index contributed by atoms with van der Waals surface area (Å²) in [5.74, 6) is 0.0690. The maximum atomic E-state index is 11.7. The van der Waals surface area contributed by atoms with Crippen LogP contribution < -0.4 is 10.5 Å². The number of carbonyl (C=O) groups excluding carboxylic acids is 1. The average molecular weight is 266 g/mol. The highest BCUT2D eigenvalue weighted by Gasteiger charge is 2.28. The Morgan fingerprint density at radius 1 is 1.53 bits per heavy atom. The van der Waals surface area contributed by atoms with Crippen LogP contribution in [0.2, 0.25) is 0 Å². The predicted molar refractivity (Wildman–Crippen MR) is 69.0 cm³/mol. The summed E-state index contributed by atoms with van der Waals surface area (Å²) >= 11 is 0. The second kappa shape index (κ2) is 5.81. The number of piperidine rings is 1. The van der Waals surface area contributed by atoms with Gasteiger partial charge in [0.1, 0.15) is 5.69 Å². The van der Waals surface area contributed by atoms with Gasteiger partial charge in [0.2, 0.25) is 5.95 Å². The third kappa shape index (κ3) is 3.10. The maximum absolute atomic E-state index is 11.7. The third-order valence-electron chi connectivity index (χ3n) is 3.19. The van der Waals surface area contributed by atoms with E-state index in [0.717, 1.165) is 19.4 Å².